The average Bonchev–Trinajstić information content (AvgIpc) is 2.83. The lowest BCUT2D eigenvalue weighted by atomic mass is 9.96. The van der Waals surface area contributed by atoms with Gasteiger partial charge in [0.2, 0.25) is 0 Å². The maximum absolute atomic E-state index is 13.6. The first-order valence-corrected chi connectivity index (χ1v) is 15.4. The Morgan fingerprint density at radius 1 is 1.06 bits per heavy atom. The molecule has 0 bridgehead atoms. The van der Waals surface area contributed by atoms with Gasteiger partial charge in [0.15, 0.2) is 0 Å². The Hall–Kier alpha value is -3.36. The fraction of sp³-hybridized carbons (Fsp3) is 0.333. The number of methoxy groups -OCH3 is 1. The standard InChI is InChI=1S/C27H32N4O3Si/c1-18-7-8-23(33-3)19(2)24(18)26-25-21(15-22(30-26)20-9-11-28-12-10-20)27(32)31(16-29-25)17-34-13-14-35(4,5)6/h7-12,15-16H,13-14,17H2,1-6H3. The second kappa shape index (κ2) is 10.1. The zero-order valence-corrected chi connectivity index (χ0v) is 22.3. The molecule has 0 unspecified atom stereocenters. The van der Waals surface area contributed by atoms with E-state index < -0.39 is 8.07 Å². The summed E-state index contributed by atoms with van der Waals surface area (Å²) in [6, 6.07) is 10.6. The van der Waals surface area contributed by atoms with E-state index in [1.54, 1.807) is 25.8 Å². The number of fused-ring (bicyclic) bond motifs is 1. The van der Waals surface area contributed by atoms with Crippen molar-refractivity contribution in [2.75, 3.05) is 13.7 Å². The maximum atomic E-state index is 13.6. The molecule has 3 heterocycles. The Bertz CT molecular complexity index is 1410. The minimum absolute atomic E-state index is 0.153. The molecule has 0 radical (unpaired) electrons. The zero-order valence-electron chi connectivity index (χ0n) is 21.3. The maximum Gasteiger partial charge on any atom is 0.263 e. The van der Waals surface area contributed by atoms with Crippen molar-refractivity contribution in [3.05, 3.63) is 70.5 Å². The molecular formula is C27H32N4O3Si. The minimum atomic E-state index is -1.21. The second-order valence-corrected chi connectivity index (χ2v) is 15.6. The highest BCUT2D eigenvalue weighted by Gasteiger charge is 2.19. The molecule has 35 heavy (non-hydrogen) atoms. The third-order valence-electron chi connectivity index (χ3n) is 6.09. The van der Waals surface area contributed by atoms with E-state index in [-0.39, 0.29) is 12.3 Å². The van der Waals surface area contributed by atoms with Crippen molar-refractivity contribution in [3.63, 3.8) is 0 Å². The van der Waals surface area contributed by atoms with Gasteiger partial charge in [0, 0.05) is 43.8 Å². The lowest BCUT2D eigenvalue weighted by Gasteiger charge is -2.17. The molecule has 0 saturated carbocycles. The first-order valence-electron chi connectivity index (χ1n) is 11.7. The Morgan fingerprint density at radius 2 is 1.80 bits per heavy atom. The van der Waals surface area contributed by atoms with Crippen LogP contribution in [-0.2, 0) is 11.5 Å². The molecule has 0 aliphatic carbocycles. The van der Waals surface area contributed by atoms with Crippen LogP contribution in [0.25, 0.3) is 33.4 Å². The molecule has 1 aromatic carbocycles. The van der Waals surface area contributed by atoms with Gasteiger partial charge in [0.25, 0.3) is 5.56 Å². The lowest BCUT2D eigenvalue weighted by Crippen LogP contribution is -2.25. The summed E-state index contributed by atoms with van der Waals surface area (Å²) < 4.78 is 12.9. The number of hydrogen-bond acceptors (Lipinski definition) is 6. The Balaban J connectivity index is 1.89. The van der Waals surface area contributed by atoms with Crippen LogP contribution >= 0.6 is 0 Å². The molecular weight excluding hydrogens is 456 g/mol. The van der Waals surface area contributed by atoms with Crippen LogP contribution in [0.1, 0.15) is 11.1 Å². The summed E-state index contributed by atoms with van der Waals surface area (Å²) in [5.74, 6) is 0.763. The van der Waals surface area contributed by atoms with E-state index in [0.717, 1.165) is 34.0 Å². The molecule has 0 atom stereocenters. The number of benzene rings is 1. The minimum Gasteiger partial charge on any atom is -0.496 e. The van der Waals surface area contributed by atoms with Gasteiger partial charge in [-0.15, -0.1) is 0 Å². The molecule has 8 heteroatoms. The highest BCUT2D eigenvalue weighted by Crippen LogP contribution is 2.36. The van der Waals surface area contributed by atoms with E-state index in [1.807, 2.05) is 44.2 Å². The van der Waals surface area contributed by atoms with Gasteiger partial charge in [-0.2, -0.15) is 0 Å². The van der Waals surface area contributed by atoms with Crippen molar-refractivity contribution < 1.29 is 9.47 Å². The zero-order chi connectivity index (χ0) is 25.2. The predicted octanol–water partition coefficient (Wildman–Crippen LogP) is 5.46. The van der Waals surface area contributed by atoms with Crippen LogP contribution in [0.2, 0.25) is 25.7 Å². The summed E-state index contributed by atoms with van der Waals surface area (Å²) >= 11 is 0. The van der Waals surface area contributed by atoms with Gasteiger partial charge in [-0.1, -0.05) is 25.7 Å². The second-order valence-electron chi connectivity index (χ2n) is 9.94. The van der Waals surface area contributed by atoms with Gasteiger partial charge in [-0.05, 0) is 49.7 Å². The lowest BCUT2D eigenvalue weighted by molar-refractivity contribution is 0.0844. The van der Waals surface area contributed by atoms with Gasteiger partial charge < -0.3 is 9.47 Å². The van der Waals surface area contributed by atoms with Crippen LogP contribution in [0.15, 0.2) is 53.8 Å². The molecule has 182 valence electrons. The molecule has 4 rings (SSSR count). The van der Waals surface area contributed by atoms with E-state index in [9.17, 15) is 4.79 Å². The van der Waals surface area contributed by atoms with E-state index in [0.29, 0.717) is 28.9 Å². The van der Waals surface area contributed by atoms with Crippen LogP contribution in [0.4, 0.5) is 0 Å². The van der Waals surface area contributed by atoms with Crippen LogP contribution in [0.5, 0.6) is 5.75 Å². The average molecular weight is 489 g/mol. The third kappa shape index (κ3) is 5.33. The summed E-state index contributed by atoms with van der Waals surface area (Å²) in [7, 11) is 0.439. The van der Waals surface area contributed by atoms with E-state index in [2.05, 4.69) is 24.6 Å². The summed E-state index contributed by atoms with van der Waals surface area (Å²) in [6.45, 7) is 11.7. The molecule has 0 fully saturated rings. The molecule has 0 aliphatic rings. The van der Waals surface area contributed by atoms with Crippen molar-refractivity contribution in [2.45, 2.75) is 46.3 Å². The topological polar surface area (TPSA) is 79.1 Å². The molecule has 7 nitrogen and oxygen atoms in total. The van der Waals surface area contributed by atoms with Gasteiger partial charge in [-0.3, -0.25) is 14.3 Å². The van der Waals surface area contributed by atoms with Gasteiger partial charge in [0.1, 0.15) is 24.3 Å². The summed E-state index contributed by atoms with van der Waals surface area (Å²) in [4.78, 5) is 27.4. The van der Waals surface area contributed by atoms with Gasteiger partial charge >= 0.3 is 0 Å². The molecule has 0 spiro atoms. The fourth-order valence-corrected chi connectivity index (χ4v) is 4.81. The van der Waals surface area contributed by atoms with Gasteiger partial charge in [0.05, 0.1) is 23.9 Å². The van der Waals surface area contributed by atoms with Crippen LogP contribution in [0, 0.1) is 13.8 Å². The summed E-state index contributed by atoms with van der Waals surface area (Å²) in [6.07, 6.45) is 5.00. The highest BCUT2D eigenvalue weighted by molar-refractivity contribution is 6.76. The van der Waals surface area contributed by atoms with Crippen molar-refractivity contribution in [2.24, 2.45) is 0 Å². The SMILES string of the molecule is COc1ccc(C)c(-c2nc(-c3ccncc3)cc3c(=O)n(COCC[Si](C)(C)C)cnc23)c1C. The quantitative estimate of drug-likeness (QED) is 0.242. The molecule has 0 saturated heterocycles. The number of hydrogen-bond donors (Lipinski definition) is 0. The molecule has 0 aliphatic heterocycles. The summed E-state index contributed by atoms with van der Waals surface area (Å²) in [5.41, 5.74) is 5.54. The normalized spacial score (nSPS) is 11.7. The molecule has 3 aromatic heterocycles. The first-order chi connectivity index (χ1) is 16.7. The fourth-order valence-electron chi connectivity index (χ4n) is 4.06. The van der Waals surface area contributed by atoms with E-state index in [1.165, 1.54) is 4.57 Å². The Morgan fingerprint density at radius 3 is 2.49 bits per heavy atom. The Labute approximate surface area is 206 Å². The number of ether oxygens (including phenoxy) is 2. The number of aryl methyl sites for hydroxylation is 1. The van der Waals surface area contributed by atoms with Crippen molar-refractivity contribution >= 4 is 19.0 Å². The van der Waals surface area contributed by atoms with E-state index in [4.69, 9.17) is 19.4 Å². The van der Waals surface area contributed by atoms with Crippen LogP contribution < -0.4 is 10.3 Å². The number of pyridine rings is 2. The predicted molar refractivity (Wildman–Crippen MR) is 143 cm³/mol. The smallest absolute Gasteiger partial charge is 0.263 e. The Kier molecular flexibility index (Phi) is 7.14. The summed E-state index contributed by atoms with van der Waals surface area (Å²) in [5, 5.41) is 0.500. The molecule has 0 amide bonds. The van der Waals surface area contributed by atoms with Crippen molar-refractivity contribution in [1.82, 2.24) is 19.5 Å². The van der Waals surface area contributed by atoms with Crippen molar-refractivity contribution in [1.29, 1.82) is 0 Å². The largest absolute Gasteiger partial charge is 0.496 e. The number of aromatic nitrogens is 4. The number of rotatable bonds is 8. The van der Waals surface area contributed by atoms with Gasteiger partial charge in [-0.25, -0.2) is 9.97 Å². The third-order valence-corrected chi connectivity index (χ3v) is 7.80. The molecule has 0 N–H and O–H groups in total. The van der Waals surface area contributed by atoms with Crippen molar-refractivity contribution in [3.8, 4) is 28.3 Å². The number of nitrogens with zero attached hydrogens (tertiary/aromatic N) is 4. The molecule has 4 aromatic rings. The van der Waals surface area contributed by atoms with Crippen LogP contribution in [0.3, 0.4) is 0 Å². The highest BCUT2D eigenvalue weighted by atomic mass is 28.3. The first kappa shape index (κ1) is 24.8. The van der Waals surface area contributed by atoms with Crippen LogP contribution in [-0.4, -0.2) is 41.3 Å². The monoisotopic (exact) mass is 488 g/mol. The van der Waals surface area contributed by atoms with E-state index >= 15 is 0 Å².